The van der Waals surface area contributed by atoms with Crippen LogP contribution in [0.1, 0.15) is 61.0 Å². The monoisotopic (exact) mass is 711 g/mol. The summed E-state index contributed by atoms with van der Waals surface area (Å²) in [6.45, 7) is 8.06. The van der Waals surface area contributed by atoms with Gasteiger partial charge in [-0.1, -0.05) is 0 Å². The predicted octanol–water partition coefficient (Wildman–Crippen LogP) is 4.09. The normalized spacial score (nSPS) is 18.9. The average Bonchev–Trinajstić information content (AvgIpc) is 3.23. The summed E-state index contributed by atoms with van der Waals surface area (Å²) in [5.74, 6) is 0. The van der Waals surface area contributed by atoms with Gasteiger partial charge in [-0.2, -0.15) is 0 Å². The summed E-state index contributed by atoms with van der Waals surface area (Å²) in [5, 5.41) is 12.1. The van der Waals surface area contributed by atoms with E-state index in [-0.39, 0.29) is 12.1 Å². The summed E-state index contributed by atoms with van der Waals surface area (Å²) >= 11 is 7.06. The topological polar surface area (TPSA) is 83.7 Å². The number of aromatic nitrogens is 3. The Balaban J connectivity index is 1.53. The van der Waals surface area contributed by atoms with Gasteiger partial charge in [0.2, 0.25) is 0 Å². The number of benzene rings is 1. The maximum absolute atomic E-state index is 12.7. The van der Waals surface area contributed by atoms with E-state index in [0.29, 0.717) is 63.0 Å². The molecule has 1 aliphatic carbocycles. The number of nitrogens with zero attached hydrogens (tertiary/aromatic N) is 5. The molecular weight excluding hydrogens is 682 g/mol. The number of carbonyl (C=O) groups is 1. The molecule has 8 nitrogen and oxygen atoms in total. The molecule has 1 aliphatic heterocycles. The molecule has 37 heavy (non-hydrogen) atoms. The zero-order valence-electron chi connectivity index (χ0n) is 21.1. The third-order valence-corrected chi connectivity index (χ3v) is 7.92. The minimum absolute atomic E-state index is 0.164. The maximum atomic E-state index is 12.7. The van der Waals surface area contributed by atoms with Crippen molar-refractivity contribution >= 4 is 55.4 Å². The Bertz CT molecular complexity index is 1340. The van der Waals surface area contributed by atoms with Crippen molar-refractivity contribution in [3.05, 3.63) is 82.2 Å². The van der Waals surface area contributed by atoms with Crippen molar-refractivity contribution in [1.29, 1.82) is 0 Å². The summed E-state index contributed by atoms with van der Waals surface area (Å²) in [6, 6.07) is 9.60. The predicted molar refractivity (Wildman–Crippen MR) is 143 cm³/mol. The van der Waals surface area contributed by atoms with E-state index >= 15 is 0 Å². The van der Waals surface area contributed by atoms with Crippen molar-refractivity contribution in [3.8, 4) is 0 Å². The van der Waals surface area contributed by atoms with Gasteiger partial charge in [-0.25, -0.2) is 4.79 Å². The van der Waals surface area contributed by atoms with E-state index in [9.17, 15) is 9.90 Å². The number of ether oxygens (including phenoxy) is 1. The van der Waals surface area contributed by atoms with Crippen molar-refractivity contribution in [3.63, 3.8) is 0 Å². The number of pyridine rings is 1. The second-order valence-corrected chi connectivity index (χ2v) is 13.1. The van der Waals surface area contributed by atoms with Crippen LogP contribution >= 0.6 is 11.6 Å². The van der Waals surface area contributed by atoms with Crippen molar-refractivity contribution in [2.24, 2.45) is 0 Å². The summed E-state index contributed by atoms with van der Waals surface area (Å²) in [6.07, 6.45) is 6.26. The van der Waals surface area contributed by atoms with E-state index in [0.717, 1.165) is 28.0 Å². The summed E-state index contributed by atoms with van der Waals surface area (Å²) in [4.78, 5) is 26.0. The van der Waals surface area contributed by atoms with Crippen LogP contribution in [-0.2, 0) is 4.74 Å². The van der Waals surface area contributed by atoms with Gasteiger partial charge in [0.05, 0.1) is 0 Å². The molecule has 0 saturated carbocycles. The number of halogens is 1. The van der Waals surface area contributed by atoms with Gasteiger partial charge in [0, 0.05) is 0 Å². The molecule has 2 aliphatic rings. The van der Waals surface area contributed by atoms with Gasteiger partial charge in [0.25, 0.3) is 0 Å². The molecule has 1 N–H and O–H groups in total. The van der Waals surface area contributed by atoms with E-state index in [2.05, 4.69) is 9.88 Å². The van der Waals surface area contributed by atoms with Crippen LogP contribution in [0.3, 0.4) is 0 Å². The van der Waals surface area contributed by atoms with Crippen LogP contribution in [0.4, 0.5) is 4.79 Å². The molecule has 10 heteroatoms. The first kappa shape index (κ1) is 26.3. The Morgan fingerprint density at radius 3 is 2.62 bits per heavy atom. The van der Waals surface area contributed by atoms with Crippen LogP contribution in [0, 0.1) is 0 Å². The van der Waals surface area contributed by atoms with Crippen molar-refractivity contribution in [1.82, 2.24) is 22.1 Å². The first-order chi connectivity index (χ1) is 17.6. The molecule has 3 aromatic rings. The average molecular weight is 711 g/mol. The number of carbonyl (C=O) groups excluding carboxylic acids is 1. The molecule has 190 valence electrons. The van der Waals surface area contributed by atoms with Gasteiger partial charge in [0.15, 0.2) is 0 Å². The molecule has 5 rings (SSSR count). The first-order valence-corrected chi connectivity index (χ1v) is 14.6. The molecular formula is C27H29ClN5O3Tl. The van der Waals surface area contributed by atoms with Crippen molar-refractivity contribution in [2.75, 3.05) is 26.2 Å². The van der Waals surface area contributed by atoms with E-state index in [1.54, 1.807) is 17.4 Å². The molecule has 1 amide bonds. The number of rotatable bonds is 3. The van der Waals surface area contributed by atoms with Gasteiger partial charge in [-0.05, 0) is 20.8 Å². The number of hydrogen-bond acceptors (Lipinski definition) is 6. The summed E-state index contributed by atoms with van der Waals surface area (Å²) < 4.78 is 7.57. The van der Waals surface area contributed by atoms with Crippen molar-refractivity contribution in [2.45, 2.75) is 38.5 Å². The Labute approximate surface area is 238 Å². The molecule has 3 heterocycles. The second kappa shape index (κ2) is 10.5. The fraction of sp³-hybridized carbons (Fsp3) is 0.370. The summed E-state index contributed by atoms with van der Waals surface area (Å²) in [7, 11) is 0. The van der Waals surface area contributed by atoms with Crippen LogP contribution in [0.25, 0.3) is 11.6 Å². The van der Waals surface area contributed by atoms with Crippen LogP contribution in [-0.4, -0.2) is 91.2 Å². The van der Waals surface area contributed by atoms with E-state index in [4.69, 9.17) is 21.3 Å². The third-order valence-electron chi connectivity index (χ3n) is 6.59. The van der Waals surface area contributed by atoms with Crippen molar-refractivity contribution < 1.29 is 14.6 Å². The number of amides is 1. The van der Waals surface area contributed by atoms with Crippen LogP contribution in [0.15, 0.2) is 49.1 Å². The minimum atomic E-state index is -0.909. The zero-order chi connectivity index (χ0) is 26.3. The fourth-order valence-electron chi connectivity index (χ4n) is 4.93. The Kier molecular flexibility index (Phi) is 7.45. The molecule has 1 aromatic carbocycles. The number of aliphatic hydroxyl groups excluding tert-OH is 1. The standard InChI is InChI=1S/C27H29ClN5O3.Tl/c1-27(2,3)36-26(35)33-11-9-32(10-12-33)24-19-7-6-18(28)14-20(19)21(25(34)22-15-29-16-31-22)13-17-5-4-8-30-23(17)24;/h4-8,13-16,24-25,34H,9-12H2,1-3H3;/q-1;+1. The first-order valence-electron chi connectivity index (χ1n) is 12.3. The van der Waals surface area contributed by atoms with Crippen LogP contribution < -0.4 is 0 Å². The fourth-order valence-corrected chi connectivity index (χ4v) is 5.95. The molecule has 2 aromatic heterocycles. The van der Waals surface area contributed by atoms with Gasteiger partial charge >= 0.3 is 203 Å². The molecule has 2 unspecified atom stereocenters. The van der Waals surface area contributed by atoms with E-state index in [1.807, 2.05) is 65.8 Å². The quantitative estimate of drug-likeness (QED) is 0.413. The van der Waals surface area contributed by atoms with Gasteiger partial charge in [-0.15, -0.1) is 0 Å². The van der Waals surface area contributed by atoms with Gasteiger partial charge < -0.3 is 4.74 Å². The molecule has 1 saturated heterocycles. The van der Waals surface area contributed by atoms with E-state index in [1.165, 1.54) is 0 Å². The Hall–Kier alpha value is -2.28. The van der Waals surface area contributed by atoms with Gasteiger partial charge in [0.1, 0.15) is 5.60 Å². The molecule has 2 atom stereocenters. The number of hydrogen-bond donors (Lipinski definition) is 1. The van der Waals surface area contributed by atoms with E-state index < -0.39 is 11.7 Å². The SMILES string of the molecule is CC(C)(C)OC(=O)N1CCN(C2c3ccc(Cl)cc3C(C(O)c3c[n]([Tl])cn3)=Cc3cccnc32)CC1. The Morgan fingerprint density at radius 1 is 1.19 bits per heavy atom. The number of aliphatic hydroxyl groups is 1. The second-order valence-electron chi connectivity index (χ2n) is 10.4. The molecule has 0 bridgehead atoms. The van der Waals surface area contributed by atoms with Crippen LogP contribution in [0.5, 0.6) is 0 Å². The molecule has 0 radical (unpaired) electrons. The number of piperazine rings is 1. The summed E-state index contributed by atoms with van der Waals surface area (Å²) in [5.41, 5.74) is 4.56. The van der Waals surface area contributed by atoms with Gasteiger partial charge in [-0.3, -0.25) is 0 Å². The number of imidazole rings is 1. The molecule has 1 fully saturated rings. The molecule has 0 spiro atoms. The Morgan fingerprint density at radius 2 is 1.95 bits per heavy atom. The number of fused-ring (bicyclic) bond motifs is 2. The third kappa shape index (κ3) is 5.62. The zero-order valence-corrected chi connectivity index (χ0v) is 26.4. The van der Waals surface area contributed by atoms with Crippen LogP contribution in [0.2, 0.25) is 5.02 Å².